The van der Waals surface area contributed by atoms with E-state index in [0.717, 1.165) is 22.4 Å². The first-order valence-electron chi connectivity index (χ1n) is 8.21. The van der Waals surface area contributed by atoms with Gasteiger partial charge in [-0.25, -0.2) is 13.1 Å². The summed E-state index contributed by atoms with van der Waals surface area (Å²) in [5, 5.41) is 0. The van der Waals surface area contributed by atoms with Crippen LogP contribution in [-0.4, -0.2) is 35.8 Å². The van der Waals surface area contributed by atoms with E-state index in [0.29, 0.717) is 11.5 Å². The van der Waals surface area contributed by atoms with E-state index in [1.54, 1.807) is 6.07 Å². The van der Waals surface area contributed by atoms with Crippen molar-refractivity contribution in [2.75, 3.05) is 27.4 Å². The molecule has 0 bridgehead atoms. The van der Waals surface area contributed by atoms with Crippen molar-refractivity contribution in [2.24, 2.45) is 0 Å². The number of sulfonamides is 1. The van der Waals surface area contributed by atoms with Gasteiger partial charge in [-0.15, -0.1) is 0 Å². The molecule has 6 nitrogen and oxygen atoms in total. The van der Waals surface area contributed by atoms with Crippen molar-refractivity contribution in [3.05, 3.63) is 47.0 Å². The van der Waals surface area contributed by atoms with Crippen LogP contribution < -0.4 is 18.9 Å². The molecule has 0 spiro atoms. The zero-order valence-electron chi connectivity index (χ0n) is 15.8. The molecule has 2 aromatic carbocycles. The third-order valence-corrected chi connectivity index (χ3v) is 5.64. The van der Waals surface area contributed by atoms with Crippen LogP contribution >= 0.6 is 0 Å². The third-order valence-electron chi connectivity index (χ3n) is 4.18. The minimum atomic E-state index is -3.67. The number of nitrogens with one attached hydrogen (secondary N) is 1. The van der Waals surface area contributed by atoms with Gasteiger partial charge in [-0.1, -0.05) is 12.1 Å². The minimum absolute atomic E-state index is 0.109. The van der Waals surface area contributed by atoms with Crippen LogP contribution in [0.15, 0.2) is 35.2 Å². The largest absolute Gasteiger partial charge is 0.493 e. The Balaban J connectivity index is 2.02. The van der Waals surface area contributed by atoms with E-state index in [1.807, 2.05) is 32.9 Å². The summed E-state index contributed by atoms with van der Waals surface area (Å²) >= 11 is 0. The Morgan fingerprint density at radius 2 is 1.58 bits per heavy atom. The molecule has 0 radical (unpaired) electrons. The maximum atomic E-state index is 12.4. The molecule has 2 aromatic rings. The lowest BCUT2D eigenvalue weighted by molar-refractivity contribution is 0.318. The van der Waals surface area contributed by atoms with Gasteiger partial charge in [-0.05, 0) is 49.6 Å². The van der Waals surface area contributed by atoms with Crippen LogP contribution in [0.25, 0.3) is 0 Å². The molecule has 26 heavy (non-hydrogen) atoms. The van der Waals surface area contributed by atoms with Crippen LogP contribution in [0.4, 0.5) is 0 Å². The molecule has 0 saturated heterocycles. The van der Waals surface area contributed by atoms with E-state index in [9.17, 15) is 8.42 Å². The fraction of sp³-hybridized carbons (Fsp3) is 0.368. The van der Waals surface area contributed by atoms with E-state index < -0.39 is 10.0 Å². The van der Waals surface area contributed by atoms with Crippen molar-refractivity contribution >= 4 is 10.0 Å². The topological polar surface area (TPSA) is 73.9 Å². The van der Waals surface area contributed by atoms with Crippen LogP contribution in [0.5, 0.6) is 17.2 Å². The quantitative estimate of drug-likeness (QED) is 0.714. The van der Waals surface area contributed by atoms with E-state index >= 15 is 0 Å². The molecule has 142 valence electrons. The molecular formula is C19H25NO5S. The number of hydrogen-bond donors (Lipinski definition) is 1. The van der Waals surface area contributed by atoms with Crippen molar-refractivity contribution < 1.29 is 22.6 Å². The van der Waals surface area contributed by atoms with Crippen LogP contribution in [0.2, 0.25) is 0 Å². The van der Waals surface area contributed by atoms with Gasteiger partial charge < -0.3 is 14.2 Å². The van der Waals surface area contributed by atoms with Gasteiger partial charge in [0.2, 0.25) is 10.0 Å². The molecule has 0 aromatic heterocycles. The maximum absolute atomic E-state index is 12.4. The molecule has 0 aliphatic heterocycles. The van der Waals surface area contributed by atoms with Gasteiger partial charge in [0.25, 0.3) is 0 Å². The van der Waals surface area contributed by atoms with E-state index in [4.69, 9.17) is 14.2 Å². The number of ether oxygens (including phenoxy) is 3. The molecule has 0 atom stereocenters. The average molecular weight is 379 g/mol. The van der Waals surface area contributed by atoms with Gasteiger partial charge >= 0.3 is 0 Å². The summed E-state index contributed by atoms with van der Waals surface area (Å²) in [5.41, 5.74) is 3.22. The second-order valence-electron chi connectivity index (χ2n) is 5.92. The third kappa shape index (κ3) is 4.47. The Labute approximate surface area is 155 Å². The molecule has 1 N–H and O–H groups in total. The molecule has 0 amide bonds. The van der Waals surface area contributed by atoms with Crippen molar-refractivity contribution in [2.45, 2.75) is 25.7 Å². The first-order chi connectivity index (χ1) is 12.3. The normalized spacial score (nSPS) is 11.3. The van der Waals surface area contributed by atoms with Gasteiger partial charge in [0.15, 0.2) is 11.5 Å². The van der Waals surface area contributed by atoms with E-state index in [2.05, 4.69) is 4.72 Å². The fourth-order valence-electron chi connectivity index (χ4n) is 2.54. The van der Waals surface area contributed by atoms with E-state index in [-0.39, 0.29) is 18.0 Å². The average Bonchev–Trinajstić information content (AvgIpc) is 2.63. The van der Waals surface area contributed by atoms with Crippen LogP contribution in [0.3, 0.4) is 0 Å². The number of benzene rings is 2. The second kappa shape index (κ2) is 8.42. The first kappa shape index (κ1) is 20.1. The van der Waals surface area contributed by atoms with Crippen LogP contribution in [-0.2, 0) is 10.0 Å². The lowest BCUT2D eigenvalue weighted by atomic mass is 10.1. The van der Waals surface area contributed by atoms with Crippen molar-refractivity contribution in [3.8, 4) is 17.2 Å². The highest BCUT2D eigenvalue weighted by Gasteiger charge is 2.17. The summed E-state index contributed by atoms with van der Waals surface area (Å²) in [7, 11) is -0.709. The molecule has 0 fully saturated rings. The van der Waals surface area contributed by atoms with Crippen molar-refractivity contribution in [1.29, 1.82) is 0 Å². The Bertz CT molecular complexity index is 878. The monoisotopic (exact) mass is 379 g/mol. The molecule has 0 aliphatic carbocycles. The summed E-state index contributed by atoms with van der Waals surface area (Å²) in [6.07, 6.45) is 0. The molecular weight excluding hydrogens is 354 g/mol. The highest BCUT2D eigenvalue weighted by molar-refractivity contribution is 7.89. The lowest BCUT2D eigenvalue weighted by Crippen LogP contribution is -2.28. The van der Waals surface area contributed by atoms with Gasteiger partial charge in [0, 0.05) is 12.6 Å². The molecule has 7 heteroatoms. The molecule has 0 heterocycles. The molecule has 0 aliphatic rings. The Hall–Kier alpha value is -2.25. The number of aryl methyl sites for hydroxylation is 2. The Morgan fingerprint density at radius 1 is 0.923 bits per heavy atom. The zero-order chi connectivity index (χ0) is 19.3. The SMILES string of the molecule is COc1ccc(S(=O)(=O)NCCOc2c(C)ccc(C)c2C)cc1OC. The van der Waals surface area contributed by atoms with Gasteiger partial charge in [0.1, 0.15) is 12.4 Å². The number of hydrogen-bond acceptors (Lipinski definition) is 5. The summed E-state index contributed by atoms with van der Waals surface area (Å²) in [6, 6.07) is 8.49. The van der Waals surface area contributed by atoms with Crippen LogP contribution in [0.1, 0.15) is 16.7 Å². The predicted octanol–water partition coefficient (Wildman–Crippen LogP) is 2.99. The highest BCUT2D eigenvalue weighted by atomic mass is 32.2. The smallest absolute Gasteiger partial charge is 0.240 e. The van der Waals surface area contributed by atoms with Gasteiger partial charge in [-0.3, -0.25) is 0 Å². The first-order valence-corrected chi connectivity index (χ1v) is 9.69. The van der Waals surface area contributed by atoms with Gasteiger partial charge in [-0.2, -0.15) is 0 Å². The molecule has 0 saturated carbocycles. The Kier molecular flexibility index (Phi) is 6.50. The summed E-state index contributed by atoms with van der Waals surface area (Å²) in [5.74, 6) is 1.63. The lowest BCUT2D eigenvalue weighted by Gasteiger charge is -2.15. The standard InChI is InChI=1S/C19H25NO5S/c1-13-6-7-14(2)19(15(13)3)25-11-10-20-26(21,22)16-8-9-17(23-4)18(12-16)24-5/h6-9,12,20H,10-11H2,1-5H3. The van der Waals surface area contributed by atoms with Crippen LogP contribution in [0, 0.1) is 20.8 Å². The number of rotatable bonds is 8. The number of methoxy groups -OCH3 is 2. The molecule has 2 rings (SSSR count). The summed E-state index contributed by atoms with van der Waals surface area (Å²) in [6.45, 7) is 6.36. The Morgan fingerprint density at radius 3 is 2.23 bits per heavy atom. The fourth-order valence-corrected chi connectivity index (χ4v) is 3.57. The summed E-state index contributed by atoms with van der Waals surface area (Å²) < 4.78 is 43.5. The molecule has 0 unspecified atom stereocenters. The minimum Gasteiger partial charge on any atom is -0.493 e. The van der Waals surface area contributed by atoms with Crippen molar-refractivity contribution in [1.82, 2.24) is 4.72 Å². The second-order valence-corrected chi connectivity index (χ2v) is 7.68. The van der Waals surface area contributed by atoms with Gasteiger partial charge in [0.05, 0.1) is 19.1 Å². The predicted molar refractivity (Wildman–Crippen MR) is 101 cm³/mol. The van der Waals surface area contributed by atoms with Crippen molar-refractivity contribution in [3.63, 3.8) is 0 Å². The van der Waals surface area contributed by atoms with E-state index in [1.165, 1.54) is 26.4 Å². The highest BCUT2D eigenvalue weighted by Crippen LogP contribution is 2.29. The summed E-state index contributed by atoms with van der Waals surface area (Å²) in [4.78, 5) is 0.109. The zero-order valence-corrected chi connectivity index (χ0v) is 16.6. The maximum Gasteiger partial charge on any atom is 0.240 e.